The van der Waals surface area contributed by atoms with Crippen LogP contribution in [0.4, 0.5) is 0 Å². The molecule has 5 heteroatoms. The topological polar surface area (TPSA) is 58.4 Å². The molecule has 0 radical (unpaired) electrons. The first-order valence-electron chi connectivity index (χ1n) is 6.26. The molecule has 0 aromatic carbocycles. The van der Waals surface area contributed by atoms with Crippen molar-refractivity contribution in [3.05, 3.63) is 17.0 Å². The summed E-state index contributed by atoms with van der Waals surface area (Å²) >= 11 is 0. The SMILES string of the molecule is Cc1nn(C)c(C)c1C(C)N(C)CCCC(=O)O. The first-order chi connectivity index (χ1) is 8.34. The van der Waals surface area contributed by atoms with E-state index in [0.29, 0.717) is 6.42 Å². The Hall–Kier alpha value is -1.36. The van der Waals surface area contributed by atoms with Crippen molar-refractivity contribution >= 4 is 5.97 Å². The number of rotatable bonds is 6. The van der Waals surface area contributed by atoms with Crippen LogP contribution in [0.25, 0.3) is 0 Å². The first-order valence-corrected chi connectivity index (χ1v) is 6.26. The number of aryl methyl sites for hydroxylation is 2. The summed E-state index contributed by atoms with van der Waals surface area (Å²) in [6.45, 7) is 7.00. The van der Waals surface area contributed by atoms with Crippen LogP contribution in [0.5, 0.6) is 0 Å². The van der Waals surface area contributed by atoms with Crippen LogP contribution in [-0.2, 0) is 11.8 Å². The Kier molecular flexibility index (Phi) is 4.90. The van der Waals surface area contributed by atoms with Crippen molar-refractivity contribution in [3.8, 4) is 0 Å². The van der Waals surface area contributed by atoms with E-state index in [9.17, 15) is 4.79 Å². The van der Waals surface area contributed by atoms with Gasteiger partial charge in [-0.1, -0.05) is 0 Å². The van der Waals surface area contributed by atoms with Crippen molar-refractivity contribution in [2.75, 3.05) is 13.6 Å². The largest absolute Gasteiger partial charge is 0.481 e. The van der Waals surface area contributed by atoms with Gasteiger partial charge in [-0.25, -0.2) is 0 Å². The monoisotopic (exact) mass is 253 g/mol. The minimum Gasteiger partial charge on any atom is -0.481 e. The number of aliphatic carboxylic acids is 1. The third kappa shape index (κ3) is 3.32. The van der Waals surface area contributed by atoms with Gasteiger partial charge in [0.15, 0.2) is 0 Å². The number of carboxylic acids is 1. The van der Waals surface area contributed by atoms with E-state index in [0.717, 1.165) is 12.2 Å². The molecular formula is C13H23N3O2. The van der Waals surface area contributed by atoms with E-state index in [1.54, 1.807) is 0 Å². The van der Waals surface area contributed by atoms with E-state index >= 15 is 0 Å². The molecule has 1 unspecified atom stereocenters. The van der Waals surface area contributed by atoms with Gasteiger partial charge in [0.1, 0.15) is 0 Å². The lowest BCUT2D eigenvalue weighted by Gasteiger charge is -2.25. The first kappa shape index (κ1) is 14.7. The van der Waals surface area contributed by atoms with Crippen LogP contribution in [0, 0.1) is 13.8 Å². The Bertz CT molecular complexity index is 426. The molecule has 1 N–H and O–H groups in total. The smallest absolute Gasteiger partial charge is 0.303 e. The maximum atomic E-state index is 10.5. The Morgan fingerprint density at radius 3 is 2.56 bits per heavy atom. The summed E-state index contributed by atoms with van der Waals surface area (Å²) in [7, 11) is 3.97. The van der Waals surface area contributed by atoms with Crippen molar-refractivity contribution in [3.63, 3.8) is 0 Å². The highest BCUT2D eigenvalue weighted by atomic mass is 16.4. The average molecular weight is 253 g/mol. The number of hydrogen-bond acceptors (Lipinski definition) is 3. The number of aromatic nitrogens is 2. The van der Waals surface area contributed by atoms with Gasteiger partial charge in [-0.2, -0.15) is 5.10 Å². The number of nitrogens with zero attached hydrogens (tertiary/aromatic N) is 3. The molecule has 0 aliphatic rings. The van der Waals surface area contributed by atoms with Crippen LogP contribution in [0.1, 0.15) is 42.8 Å². The van der Waals surface area contributed by atoms with Crippen LogP contribution in [0.3, 0.4) is 0 Å². The van der Waals surface area contributed by atoms with Crippen LogP contribution in [0.15, 0.2) is 0 Å². The molecule has 0 aliphatic heterocycles. The molecule has 0 bridgehead atoms. The average Bonchev–Trinajstić information content (AvgIpc) is 2.51. The van der Waals surface area contributed by atoms with E-state index < -0.39 is 5.97 Å². The second-order valence-corrected chi connectivity index (χ2v) is 4.86. The number of hydrogen-bond donors (Lipinski definition) is 1. The molecular weight excluding hydrogens is 230 g/mol. The summed E-state index contributed by atoms with van der Waals surface area (Å²) < 4.78 is 1.90. The van der Waals surface area contributed by atoms with Crippen molar-refractivity contribution in [1.82, 2.24) is 14.7 Å². The molecule has 0 aliphatic carbocycles. The van der Waals surface area contributed by atoms with Gasteiger partial charge >= 0.3 is 5.97 Å². The minimum absolute atomic E-state index is 0.224. The molecule has 0 saturated heterocycles. The lowest BCUT2D eigenvalue weighted by atomic mass is 10.1. The van der Waals surface area contributed by atoms with E-state index in [2.05, 4.69) is 23.8 Å². The number of carbonyl (C=O) groups is 1. The highest BCUT2D eigenvalue weighted by Gasteiger charge is 2.19. The Morgan fingerprint density at radius 2 is 2.11 bits per heavy atom. The number of carboxylic acid groups (broad SMARTS) is 1. The third-order valence-electron chi connectivity index (χ3n) is 3.55. The molecule has 0 saturated carbocycles. The summed E-state index contributed by atoms with van der Waals surface area (Å²) in [5.41, 5.74) is 3.47. The lowest BCUT2D eigenvalue weighted by Crippen LogP contribution is -2.25. The molecule has 1 aromatic rings. The highest BCUT2D eigenvalue weighted by Crippen LogP contribution is 2.25. The lowest BCUT2D eigenvalue weighted by molar-refractivity contribution is -0.137. The standard InChI is InChI=1S/C13H23N3O2/c1-9-13(11(3)16(5)14-9)10(2)15(4)8-6-7-12(17)18/h10H,6-8H2,1-5H3,(H,17,18). The van der Waals surface area contributed by atoms with Gasteiger partial charge in [0.25, 0.3) is 0 Å². The zero-order valence-corrected chi connectivity index (χ0v) is 11.9. The van der Waals surface area contributed by atoms with Gasteiger partial charge in [-0.15, -0.1) is 0 Å². The minimum atomic E-state index is -0.732. The van der Waals surface area contributed by atoms with Crippen LogP contribution in [-0.4, -0.2) is 39.3 Å². The zero-order valence-electron chi connectivity index (χ0n) is 11.9. The fraction of sp³-hybridized carbons (Fsp3) is 0.692. The predicted octanol–water partition coefficient (Wildman–Crippen LogP) is 1.89. The van der Waals surface area contributed by atoms with Crippen LogP contribution in [0.2, 0.25) is 0 Å². The maximum absolute atomic E-state index is 10.5. The Labute approximate surface area is 108 Å². The molecule has 1 heterocycles. The van der Waals surface area contributed by atoms with Gasteiger partial charge in [-0.3, -0.25) is 14.4 Å². The summed E-state index contributed by atoms with van der Waals surface area (Å²) in [5.74, 6) is -0.732. The summed E-state index contributed by atoms with van der Waals surface area (Å²) in [6.07, 6.45) is 0.899. The molecule has 5 nitrogen and oxygen atoms in total. The molecule has 102 valence electrons. The highest BCUT2D eigenvalue weighted by molar-refractivity contribution is 5.66. The van der Waals surface area contributed by atoms with E-state index in [-0.39, 0.29) is 12.5 Å². The van der Waals surface area contributed by atoms with Crippen molar-refractivity contribution in [2.45, 2.75) is 39.7 Å². The molecule has 0 amide bonds. The molecule has 1 rings (SSSR count). The maximum Gasteiger partial charge on any atom is 0.303 e. The van der Waals surface area contributed by atoms with Crippen LogP contribution >= 0.6 is 0 Å². The third-order valence-corrected chi connectivity index (χ3v) is 3.55. The van der Waals surface area contributed by atoms with Crippen molar-refractivity contribution in [1.29, 1.82) is 0 Å². The van der Waals surface area contributed by atoms with Gasteiger partial charge in [0.2, 0.25) is 0 Å². The van der Waals surface area contributed by atoms with Crippen molar-refractivity contribution in [2.24, 2.45) is 7.05 Å². The van der Waals surface area contributed by atoms with Gasteiger partial charge < -0.3 is 5.11 Å². The van der Waals surface area contributed by atoms with E-state index in [4.69, 9.17) is 5.11 Å². The molecule has 18 heavy (non-hydrogen) atoms. The summed E-state index contributed by atoms with van der Waals surface area (Å²) in [6, 6.07) is 0.257. The molecule has 0 fully saturated rings. The van der Waals surface area contributed by atoms with Crippen molar-refractivity contribution < 1.29 is 9.90 Å². The predicted molar refractivity (Wildman–Crippen MR) is 70.6 cm³/mol. The molecule has 0 spiro atoms. The van der Waals surface area contributed by atoms with E-state index in [1.165, 1.54) is 11.3 Å². The second kappa shape index (κ2) is 6.00. The molecule has 1 atom stereocenters. The van der Waals surface area contributed by atoms with Crippen LogP contribution < -0.4 is 0 Å². The van der Waals surface area contributed by atoms with E-state index in [1.807, 2.05) is 25.7 Å². The fourth-order valence-electron chi connectivity index (χ4n) is 2.29. The summed E-state index contributed by atoms with van der Waals surface area (Å²) in [4.78, 5) is 12.7. The summed E-state index contributed by atoms with van der Waals surface area (Å²) in [5, 5.41) is 13.1. The Balaban J connectivity index is 2.68. The normalized spacial score (nSPS) is 13.0. The quantitative estimate of drug-likeness (QED) is 0.841. The van der Waals surface area contributed by atoms with Gasteiger partial charge in [0.05, 0.1) is 5.69 Å². The Morgan fingerprint density at radius 1 is 1.50 bits per heavy atom. The second-order valence-electron chi connectivity index (χ2n) is 4.86. The fourth-order valence-corrected chi connectivity index (χ4v) is 2.29. The van der Waals surface area contributed by atoms with Gasteiger partial charge in [-0.05, 0) is 40.8 Å². The van der Waals surface area contributed by atoms with Gasteiger partial charge in [0, 0.05) is 30.8 Å². The molecule has 1 aromatic heterocycles. The zero-order chi connectivity index (χ0) is 13.9.